The highest BCUT2D eigenvalue weighted by Crippen LogP contribution is 2.44. The van der Waals surface area contributed by atoms with Crippen LogP contribution in [0.15, 0.2) is 48.7 Å². The summed E-state index contributed by atoms with van der Waals surface area (Å²) in [5, 5.41) is 7.33. The maximum absolute atomic E-state index is 14.1. The summed E-state index contributed by atoms with van der Waals surface area (Å²) in [5.74, 6) is 1.88. The number of alkyl carbamates (subject to hydrolysis) is 2. The van der Waals surface area contributed by atoms with Crippen molar-refractivity contribution in [3.63, 3.8) is 0 Å². The number of likely N-dealkylation sites (tertiary alicyclic amines) is 2. The first-order valence-corrected chi connectivity index (χ1v) is 21.9. The van der Waals surface area contributed by atoms with Gasteiger partial charge in [0.05, 0.1) is 61.9 Å². The van der Waals surface area contributed by atoms with E-state index < -0.39 is 36.4 Å². The number of H-pyrrole nitrogens is 2. The van der Waals surface area contributed by atoms with Crippen LogP contribution in [0.2, 0.25) is 0 Å². The van der Waals surface area contributed by atoms with Crippen LogP contribution < -0.4 is 15.4 Å². The number of hydrogen-bond acceptors (Lipinski definition) is 11. The van der Waals surface area contributed by atoms with E-state index in [0.29, 0.717) is 50.8 Å². The van der Waals surface area contributed by atoms with Crippen molar-refractivity contribution >= 4 is 45.8 Å². The molecule has 8 rings (SSSR count). The van der Waals surface area contributed by atoms with E-state index >= 15 is 0 Å². The SMILES string of the molecule is CCC(C)[C@H](NC(=O)OC)C(=O)N1C[C@@H](C)CC1c1ncc(-c2ccc3c(c2)COc2cc4c(ccc5[nH]c([C@@H]6C[C@H](COC)CN6C(=O)[C@@H](NC(=O)OC)[C@@H](C)OC)nc54)cc2-3)[nH]1. The number of hydrogen-bond donors (Lipinski definition) is 4. The molecule has 0 bridgehead atoms. The number of benzene rings is 3. The van der Waals surface area contributed by atoms with Gasteiger partial charge in [0.15, 0.2) is 0 Å². The molecule has 0 aliphatic carbocycles. The summed E-state index contributed by atoms with van der Waals surface area (Å²) in [4.78, 5) is 73.1. The molecule has 17 nitrogen and oxygen atoms in total. The second-order valence-electron chi connectivity index (χ2n) is 17.5. The van der Waals surface area contributed by atoms with Crippen molar-refractivity contribution in [3.05, 3.63) is 65.9 Å². The van der Waals surface area contributed by atoms with Crippen LogP contribution in [-0.4, -0.2) is 120 Å². The van der Waals surface area contributed by atoms with Gasteiger partial charge in [-0.15, -0.1) is 0 Å². The molecule has 5 heterocycles. The minimum absolute atomic E-state index is 0.0552. The maximum Gasteiger partial charge on any atom is 0.407 e. The molecule has 5 aromatic rings. The topological polar surface area (TPSA) is 202 Å². The number of methoxy groups -OCH3 is 4. The van der Waals surface area contributed by atoms with E-state index in [1.807, 2.05) is 37.1 Å². The molecule has 2 saturated heterocycles. The fourth-order valence-electron chi connectivity index (χ4n) is 9.54. The average molecular weight is 879 g/mol. The fraction of sp³-hybridized carbons (Fsp3) is 0.489. The Morgan fingerprint density at radius 2 is 1.58 bits per heavy atom. The second-order valence-corrected chi connectivity index (χ2v) is 17.5. The minimum atomic E-state index is -0.971. The summed E-state index contributed by atoms with van der Waals surface area (Å²) in [6.45, 7) is 9.61. The third kappa shape index (κ3) is 8.45. The first-order valence-electron chi connectivity index (χ1n) is 21.9. The molecule has 17 heteroatoms. The molecule has 340 valence electrons. The highest BCUT2D eigenvalue weighted by atomic mass is 16.5. The fourth-order valence-corrected chi connectivity index (χ4v) is 9.54. The van der Waals surface area contributed by atoms with Crippen LogP contribution in [0.25, 0.3) is 44.2 Å². The summed E-state index contributed by atoms with van der Waals surface area (Å²) in [5.41, 5.74) is 6.43. The summed E-state index contributed by atoms with van der Waals surface area (Å²) in [6, 6.07) is 12.2. The normalized spacial score (nSPS) is 21.1. The van der Waals surface area contributed by atoms with Crippen LogP contribution in [0.4, 0.5) is 9.59 Å². The number of aromatic nitrogens is 4. The van der Waals surface area contributed by atoms with Crippen LogP contribution in [0, 0.1) is 17.8 Å². The van der Waals surface area contributed by atoms with E-state index in [4.69, 9.17) is 33.7 Å². The van der Waals surface area contributed by atoms with Crippen molar-refractivity contribution in [1.82, 2.24) is 40.4 Å². The molecule has 4 N–H and O–H groups in total. The molecule has 2 fully saturated rings. The highest BCUT2D eigenvalue weighted by Gasteiger charge is 2.43. The summed E-state index contributed by atoms with van der Waals surface area (Å²) in [6.07, 6.45) is 1.93. The van der Waals surface area contributed by atoms with Gasteiger partial charge >= 0.3 is 12.2 Å². The number of imidazole rings is 2. The first kappa shape index (κ1) is 44.4. The highest BCUT2D eigenvalue weighted by molar-refractivity contribution is 6.07. The van der Waals surface area contributed by atoms with Gasteiger partial charge in [0.25, 0.3) is 0 Å². The van der Waals surface area contributed by atoms with E-state index in [-0.39, 0.29) is 35.6 Å². The van der Waals surface area contributed by atoms with Crippen molar-refractivity contribution in [2.24, 2.45) is 17.8 Å². The van der Waals surface area contributed by atoms with E-state index in [0.717, 1.165) is 61.9 Å². The lowest BCUT2D eigenvalue weighted by atomic mass is 9.92. The van der Waals surface area contributed by atoms with Gasteiger partial charge in [-0.05, 0) is 77.9 Å². The van der Waals surface area contributed by atoms with Gasteiger partial charge in [-0.3, -0.25) is 9.59 Å². The molecule has 0 saturated carbocycles. The molecule has 3 aromatic carbocycles. The van der Waals surface area contributed by atoms with Crippen molar-refractivity contribution < 1.29 is 42.9 Å². The van der Waals surface area contributed by atoms with E-state index in [9.17, 15) is 19.2 Å². The number of fused-ring (bicyclic) bond motifs is 6. The van der Waals surface area contributed by atoms with E-state index in [2.05, 4.69) is 57.9 Å². The molecule has 2 aromatic heterocycles. The van der Waals surface area contributed by atoms with Crippen LogP contribution >= 0.6 is 0 Å². The van der Waals surface area contributed by atoms with E-state index in [1.54, 1.807) is 18.9 Å². The third-order valence-electron chi connectivity index (χ3n) is 13.3. The quantitative estimate of drug-likeness (QED) is 0.0988. The Labute approximate surface area is 371 Å². The monoisotopic (exact) mass is 878 g/mol. The van der Waals surface area contributed by atoms with Crippen molar-refractivity contribution in [1.29, 1.82) is 0 Å². The summed E-state index contributed by atoms with van der Waals surface area (Å²) < 4.78 is 27.1. The Morgan fingerprint density at radius 3 is 2.30 bits per heavy atom. The van der Waals surface area contributed by atoms with Gasteiger partial charge in [0.2, 0.25) is 11.8 Å². The molecule has 8 atom stereocenters. The Balaban J connectivity index is 1.05. The minimum Gasteiger partial charge on any atom is -0.488 e. The zero-order chi connectivity index (χ0) is 45.4. The maximum atomic E-state index is 14.1. The number of nitrogens with zero attached hydrogens (tertiary/aromatic N) is 4. The second kappa shape index (κ2) is 18.5. The number of carbonyl (C=O) groups is 4. The lowest BCUT2D eigenvalue weighted by molar-refractivity contribution is -0.138. The molecular formula is C47H58N8O9. The van der Waals surface area contributed by atoms with Crippen molar-refractivity contribution in [2.45, 2.75) is 83.8 Å². The zero-order valence-electron chi connectivity index (χ0n) is 37.7. The predicted molar refractivity (Wildman–Crippen MR) is 238 cm³/mol. The molecule has 4 amide bonds. The third-order valence-corrected chi connectivity index (χ3v) is 13.3. The standard InChI is InChI=1S/C47H58N8O9/c1-9-25(3)39(52-46(58)62-7)44(56)54-20-24(2)14-36(54)42-48-19-35(50-42)29-10-12-31-30(16-29)23-64-38-18-32-28(17-33(31)38)11-13-34-41(32)51-43(49-34)37-15-27(22-60-5)21-55(37)45(57)40(26(4)61-6)53-47(59)63-8/h10-13,16-19,24-27,36-37,39-40H,9,14-15,20-23H2,1-8H3,(H,48,50)(H,49,51)(H,52,58)(H,53,59)/t24-,25?,26+,27-,36?,37-,39-,40-/m0/s1. The number of aromatic amines is 2. The Morgan fingerprint density at radius 1 is 0.859 bits per heavy atom. The Bertz CT molecular complexity index is 2560. The lowest BCUT2D eigenvalue weighted by Gasteiger charge is -2.30. The van der Waals surface area contributed by atoms with Crippen LogP contribution in [0.3, 0.4) is 0 Å². The number of rotatable bonds is 13. The largest absolute Gasteiger partial charge is 0.488 e. The number of amides is 4. The summed E-state index contributed by atoms with van der Waals surface area (Å²) >= 11 is 0. The van der Waals surface area contributed by atoms with Crippen molar-refractivity contribution in [2.75, 3.05) is 48.1 Å². The van der Waals surface area contributed by atoms with Gasteiger partial charge < -0.3 is 54.1 Å². The van der Waals surface area contributed by atoms with Crippen LogP contribution in [0.5, 0.6) is 5.75 Å². The van der Waals surface area contributed by atoms with Gasteiger partial charge in [0, 0.05) is 44.2 Å². The smallest absolute Gasteiger partial charge is 0.407 e. The number of ether oxygens (including phenoxy) is 5. The number of nitrogens with one attached hydrogen (secondary N) is 4. The lowest BCUT2D eigenvalue weighted by Crippen LogP contribution is -2.54. The Hall–Kier alpha value is -6.20. The van der Waals surface area contributed by atoms with Crippen LogP contribution in [-0.2, 0) is 35.1 Å². The molecule has 0 radical (unpaired) electrons. The first-order chi connectivity index (χ1) is 30.8. The van der Waals surface area contributed by atoms with Crippen molar-refractivity contribution in [3.8, 4) is 28.1 Å². The van der Waals surface area contributed by atoms with Gasteiger partial charge in [-0.25, -0.2) is 19.6 Å². The molecule has 3 aliphatic rings. The average Bonchev–Trinajstić information content (AvgIpc) is 4.14. The Kier molecular flexibility index (Phi) is 12.8. The zero-order valence-corrected chi connectivity index (χ0v) is 37.7. The molecule has 64 heavy (non-hydrogen) atoms. The van der Waals surface area contributed by atoms with E-state index in [1.165, 1.54) is 21.3 Å². The number of carbonyl (C=O) groups excluding carboxylic acids is 4. The summed E-state index contributed by atoms with van der Waals surface area (Å²) in [7, 11) is 5.69. The van der Waals surface area contributed by atoms with Gasteiger partial charge in [-0.2, -0.15) is 0 Å². The molecule has 2 unspecified atom stereocenters. The van der Waals surface area contributed by atoms with Gasteiger partial charge in [0.1, 0.15) is 36.1 Å². The van der Waals surface area contributed by atoms with Crippen LogP contribution in [0.1, 0.15) is 76.3 Å². The molecule has 0 spiro atoms. The van der Waals surface area contributed by atoms with Gasteiger partial charge in [-0.1, -0.05) is 45.4 Å². The molecular weight excluding hydrogens is 821 g/mol. The predicted octanol–water partition coefficient (Wildman–Crippen LogP) is 6.64. The molecule has 3 aliphatic heterocycles.